The average Bonchev–Trinajstić information content (AvgIpc) is 3.23. The molecule has 5 aromatic rings. The quantitative estimate of drug-likeness (QED) is 0.307. The van der Waals surface area contributed by atoms with E-state index in [-0.39, 0.29) is 5.75 Å². The number of hydrogen-bond acceptors (Lipinski definition) is 3. The Balaban J connectivity index is 1.72. The fraction of sp³-hybridized carbons (Fsp3) is 0.0741. The van der Waals surface area contributed by atoms with Gasteiger partial charge in [0.25, 0.3) is 0 Å². The van der Waals surface area contributed by atoms with Crippen LogP contribution in [0.3, 0.4) is 0 Å². The Morgan fingerprint density at radius 1 is 0.909 bits per heavy atom. The van der Waals surface area contributed by atoms with E-state index in [0.29, 0.717) is 16.1 Å². The van der Waals surface area contributed by atoms with Crippen molar-refractivity contribution in [2.24, 2.45) is 0 Å². The molecule has 0 saturated carbocycles. The van der Waals surface area contributed by atoms with Gasteiger partial charge in [0, 0.05) is 28.9 Å². The van der Waals surface area contributed by atoms with Crippen molar-refractivity contribution in [2.45, 2.75) is 11.8 Å². The zero-order valence-corrected chi connectivity index (χ0v) is 19.0. The third-order valence-electron chi connectivity index (χ3n) is 5.58. The van der Waals surface area contributed by atoms with Gasteiger partial charge in [-0.25, -0.2) is 17.6 Å². The van der Waals surface area contributed by atoms with E-state index in [1.165, 1.54) is 13.2 Å². The van der Waals surface area contributed by atoms with Crippen LogP contribution in [0.5, 0.6) is 5.75 Å². The second-order valence-corrected chi connectivity index (χ2v) is 9.10. The SMILES string of the molecule is COc1ccc(-c2cn(S(=O)c3ccc(C)cc3)c3ncc(-c4ccccc4)cc23)cc1F. The molecule has 3 aromatic carbocycles. The van der Waals surface area contributed by atoms with Crippen LogP contribution in [-0.4, -0.2) is 20.3 Å². The molecule has 6 heteroatoms. The fourth-order valence-electron chi connectivity index (χ4n) is 3.83. The summed E-state index contributed by atoms with van der Waals surface area (Å²) in [7, 11) is -0.0740. The molecule has 33 heavy (non-hydrogen) atoms. The van der Waals surface area contributed by atoms with Gasteiger partial charge in [0.1, 0.15) is 0 Å². The van der Waals surface area contributed by atoms with Gasteiger partial charge in [0.2, 0.25) is 0 Å². The summed E-state index contributed by atoms with van der Waals surface area (Å²) in [4.78, 5) is 5.34. The van der Waals surface area contributed by atoms with Crippen LogP contribution in [0.1, 0.15) is 5.56 Å². The molecule has 1 atom stereocenters. The number of ether oxygens (including phenoxy) is 1. The first-order chi connectivity index (χ1) is 16.0. The van der Waals surface area contributed by atoms with Crippen LogP contribution in [0.4, 0.5) is 4.39 Å². The summed E-state index contributed by atoms with van der Waals surface area (Å²) >= 11 is 0. The van der Waals surface area contributed by atoms with Gasteiger partial charge in [-0.05, 0) is 48.4 Å². The van der Waals surface area contributed by atoms with Crippen molar-refractivity contribution in [3.8, 4) is 28.0 Å². The van der Waals surface area contributed by atoms with Gasteiger partial charge in [-0.2, -0.15) is 0 Å². The zero-order valence-electron chi connectivity index (χ0n) is 18.2. The van der Waals surface area contributed by atoms with Crippen LogP contribution >= 0.6 is 0 Å². The summed E-state index contributed by atoms with van der Waals surface area (Å²) in [6.07, 6.45) is 3.56. The third-order valence-corrected chi connectivity index (χ3v) is 6.89. The molecule has 164 valence electrons. The standard InChI is InChI=1S/C27H21FN2O2S/c1-18-8-11-22(12-9-18)33(31)30-17-24(20-10-13-26(32-2)25(28)15-20)23-14-21(16-29-27(23)30)19-6-4-3-5-7-19/h3-17H,1-2H3. The lowest BCUT2D eigenvalue weighted by atomic mass is 10.0. The molecule has 0 aliphatic heterocycles. The highest BCUT2D eigenvalue weighted by Crippen LogP contribution is 2.35. The van der Waals surface area contributed by atoms with Crippen LogP contribution < -0.4 is 4.74 Å². The molecule has 0 bridgehead atoms. The number of fused-ring (bicyclic) bond motifs is 1. The van der Waals surface area contributed by atoms with E-state index in [4.69, 9.17) is 4.74 Å². The van der Waals surface area contributed by atoms with Crippen molar-refractivity contribution in [1.29, 1.82) is 0 Å². The van der Waals surface area contributed by atoms with Crippen molar-refractivity contribution in [3.05, 3.63) is 103 Å². The molecule has 4 nitrogen and oxygen atoms in total. The van der Waals surface area contributed by atoms with E-state index >= 15 is 0 Å². The number of aryl methyl sites for hydroxylation is 1. The van der Waals surface area contributed by atoms with Gasteiger partial charge in [0.05, 0.1) is 12.0 Å². The molecular weight excluding hydrogens is 435 g/mol. The summed E-state index contributed by atoms with van der Waals surface area (Å²) in [5.74, 6) is -0.281. The molecule has 0 radical (unpaired) electrons. The van der Waals surface area contributed by atoms with Gasteiger partial charge >= 0.3 is 0 Å². The second-order valence-electron chi connectivity index (χ2n) is 7.74. The third kappa shape index (κ3) is 3.94. The summed E-state index contributed by atoms with van der Waals surface area (Å²) in [6.45, 7) is 1.99. The number of rotatable bonds is 5. The van der Waals surface area contributed by atoms with Crippen LogP contribution in [0, 0.1) is 12.7 Å². The van der Waals surface area contributed by atoms with E-state index in [2.05, 4.69) is 4.98 Å². The monoisotopic (exact) mass is 456 g/mol. The second kappa shape index (κ2) is 8.64. The van der Waals surface area contributed by atoms with Gasteiger partial charge in [-0.3, -0.25) is 0 Å². The van der Waals surface area contributed by atoms with E-state index in [1.807, 2.05) is 67.6 Å². The molecule has 0 amide bonds. The number of hydrogen-bond donors (Lipinski definition) is 0. The molecule has 2 heterocycles. The maximum atomic E-state index is 14.5. The van der Waals surface area contributed by atoms with Gasteiger partial charge < -0.3 is 4.74 Å². The highest BCUT2D eigenvalue weighted by molar-refractivity contribution is 7.83. The average molecular weight is 457 g/mol. The van der Waals surface area contributed by atoms with Crippen molar-refractivity contribution in [1.82, 2.24) is 8.96 Å². The molecule has 1 unspecified atom stereocenters. The van der Waals surface area contributed by atoms with Crippen LogP contribution in [-0.2, 0) is 11.0 Å². The van der Waals surface area contributed by atoms with Crippen molar-refractivity contribution >= 4 is 22.0 Å². The van der Waals surface area contributed by atoms with E-state index in [0.717, 1.165) is 27.6 Å². The van der Waals surface area contributed by atoms with Crippen LogP contribution in [0.2, 0.25) is 0 Å². The number of methoxy groups -OCH3 is 1. The Morgan fingerprint density at radius 3 is 2.36 bits per heavy atom. The molecule has 5 rings (SSSR count). The van der Waals surface area contributed by atoms with E-state index in [1.54, 1.807) is 28.5 Å². The predicted octanol–water partition coefficient (Wildman–Crippen LogP) is 6.40. The van der Waals surface area contributed by atoms with Crippen molar-refractivity contribution in [2.75, 3.05) is 7.11 Å². The zero-order chi connectivity index (χ0) is 22.9. The number of halogens is 1. The van der Waals surface area contributed by atoms with Gasteiger partial charge in [0.15, 0.2) is 28.2 Å². The maximum absolute atomic E-state index is 14.5. The lowest BCUT2D eigenvalue weighted by Crippen LogP contribution is -2.04. The van der Waals surface area contributed by atoms with Crippen molar-refractivity contribution in [3.63, 3.8) is 0 Å². The maximum Gasteiger partial charge on any atom is 0.165 e. The van der Waals surface area contributed by atoms with Gasteiger partial charge in [-0.1, -0.05) is 54.1 Å². The Labute approximate surface area is 193 Å². The molecule has 0 spiro atoms. The van der Waals surface area contributed by atoms with Gasteiger partial charge in [-0.15, -0.1) is 0 Å². The molecule has 0 N–H and O–H groups in total. The summed E-state index contributed by atoms with van der Waals surface area (Å²) < 4.78 is 34.7. The number of benzene rings is 3. The highest BCUT2D eigenvalue weighted by Gasteiger charge is 2.18. The molecule has 0 aliphatic rings. The molecule has 0 fully saturated rings. The Hall–Kier alpha value is -3.77. The normalized spacial score (nSPS) is 12.1. The summed E-state index contributed by atoms with van der Waals surface area (Å²) in [6, 6.07) is 24.3. The Bertz CT molecular complexity index is 1480. The lowest BCUT2D eigenvalue weighted by molar-refractivity contribution is 0.386. The Morgan fingerprint density at radius 2 is 1.67 bits per heavy atom. The number of aromatic nitrogens is 2. The molecule has 0 saturated heterocycles. The minimum atomic E-state index is -1.51. The molecular formula is C27H21FN2O2S. The van der Waals surface area contributed by atoms with Crippen molar-refractivity contribution < 1.29 is 13.3 Å². The van der Waals surface area contributed by atoms with E-state index in [9.17, 15) is 8.60 Å². The van der Waals surface area contributed by atoms with Crippen LogP contribution in [0.25, 0.3) is 33.3 Å². The summed E-state index contributed by atoms with van der Waals surface area (Å²) in [5.41, 5.74) is 5.01. The first-order valence-corrected chi connectivity index (χ1v) is 11.5. The van der Waals surface area contributed by atoms with Crippen LogP contribution in [0.15, 0.2) is 96.2 Å². The number of nitrogens with zero attached hydrogens (tertiary/aromatic N) is 2. The minimum Gasteiger partial charge on any atom is -0.494 e. The van der Waals surface area contributed by atoms with E-state index < -0.39 is 16.8 Å². The summed E-state index contributed by atoms with van der Waals surface area (Å²) in [5, 5.41) is 0.793. The lowest BCUT2D eigenvalue weighted by Gasteiger charge is -2.06. The smallest absolute Gasteiger partial charge is 0.165 e. The predicted molar refractivity (Wildman–Crippen MR) is 130 cm³/mol. The highest BCUT2D eigenvalue weighted by atomic mass is 32.2. The number of pyridine rings is 1. The minimum absolute atomic E-state index is 0.175. The molecule has 0 aliphatic carbocycles. The fourth-order valence-corrected chi connectivity index (χ4v) is 4.93. The largest absolute Gasteiger partial charge is 0.494 e. The first-order valence-electron chi connectivity index (χ1n) is 10.4. The molecule has 2 aromatic heterocycles. The first kappa shape index (κ1) is 21.1. The topological polar surface area (TPSA) is 44.1 Å². The Kier molecular flexibility index (Phi) is 5.52.